The molecule has 1 N–H and O–H groups in total. The summed E-state index contributed by atoms with van der Waals surface area (Å²) in [6.45, 7) is 0.230. The Balaban J connectivity index is 1.45. The van der Waals surface area contributed by atoms with Crippen molar-refractivity contribution >= 4 is 29.4 Å². The van der Waals surface area contributed by atoms with Crippen LogP contribution in [0.4, 0.5) is 5.69 Å². The van der Waals surface area contributed by atoms with E-state index >= 15 is 0 Å². The van der Waals surface area contributed by atoms with Crippen LogP contribution in [0.25, 0.3) is 0 Å². The van der Waals surface area contributed by atoms with Gasteiger partial charge in [0.25, 0.3) is 5.91 Å². The van der Waals surface area contributed by atoms with Gasteiger partial charge in [0.1, 0.15) is 12.4 Å². The van der Waals surface area contributed by atoms with Crippen LogP contribution in [0.2, 0.25) is 5.02 Å². The van der Waals surface area contributed by atoms with E-state index in [1.807, 2.05) is 30.3 Å². The number of amides is 1. The predicted molar refractivity (Wildman–Crippen MR) is 124 cm³/mol. The van der Waals surface area contributed by atoms with E-state index in [9.17, 15) is 4.79 Å². The molecule has 0 fully saturated rings. The van der Waals surface area contributed by atoms with Crippen LogP contribution in [0.5, 0.6) is 17.2 Å². The molecule has 3 aromatic rings. The predicted octanol–water partition coefficient (Wildman–Crippen LogP) is 4.93. The lowest BCUT2D eigenvalue weighted by atomic mass is 10.2. The number of anilines is 1. The second-order valence-electron chi connectivity index (χ2n) is 6.59. The van der Waals surface area contributed by atoms with Crippen molar-refractivity contribution in [2.45, 2.75) is 6.61 Å². The van der Waals surface area contributed by atoms with Gasteiger partial charge in [0.05, 0.1) is 25.5 Å². The fraction of sp³-hybridized carbons (Fsp3) is 0.167. The summed E-state index contributed by atoms with van der Waals surface area (Å²) in [5, 5.41) is 6.91. The van der Waals surface area contributed by atoms with Gasteiger partial charge in [-0.2, -0.15) is 0 Å². The summed E-state index contributed by atoms with van der Waals surface area (Å²) in [5.74, 6) is 1.27. The number of carbonyl (C=O) groups excluding carboxylic acids is 1. The van der Waals surface area contributed by atoms with Crippen molar-refractivity contribution in [3.8, 4) is 17.2 Å². The Hall–Kier alpha value is -3.71. The third-order valence-corrected chi connectivity index (χ3v) is 4.60. The fourth-order valence-electron chi connectivity index (χ4n) is 2.78. The molecule has 0 aliphatic carbocycles. The lowest BCUT2D eigenvalue weighted by Crippen LogP contribution is -2.16. The number of carbonyl (C=O) groups is 1. The van der Waals surface area contributed by atoms with Gasteiger partial charge in [-0.3, -0.25) is 4.79 Å². The SMILES string of the molecule is COc1cc(/C=N/OCC(=O)Nc2ccc(OCc3ccccc3)cc2)cc(Cl)c1OC. The first-order valence-corrected chi connectivity index (χ1v) is 10.1. The van der Waals surface area contributed by atoms with E-state index < -0.39 is 0 Å². The van der Waals surface area contributed by atoms with E-state index in [1.54, 1.807) is 36.4 Å². The van der Waals surface area contributed by atoms with Gasteiger partial charge < -0.3 is 24.4 Å². The van der Waals surface area contributed by atoms with Gasteiger partial charge in [-0.1, -0.05) is 47.1 Å². The van der Waals surface area contributed by atoms with Crippen LogP contribution >= 0.6 is 11.6 Å². The Morgan fingerprint density at radius 2 is 1.78 bits per heavy atom. The Labute approximate surface area is 191 Å². The second-order valence-corrected chi connectivity index (χ2v) is 7.00. The highest BCUT2D eigenvalue weighted by Gasteiger charge is 2.10. The molecule has 0 atom stereocenters. The maximum absolute atomic E-state index is 12.1. The number of nitrogens with zero attached hydrogens (tertiary/aromatic N) is 1. The van der Waals surface area contributed by atoms with Crippen LogP contribution in [0.1, 0.15) is 11.1 Å². The molecule has 166 valence electrons. The summed E-state index contributed by atoms with van der Waals surface area (Å²) < 4.78 is 16.1. The maximum Gasteiger partial charge on any atom is 0.265 e. The molecular weight excluding hydrogens is 432 g/mol. The van der Waals surface area contributed by atoms with Crippen molar-refractivity contribution in [1.82, 2.24) is 0 Å². The van der Waals surface area contributed by atoms with Crippen molar-refractivity contribution in [2.24, 2.45) is 5.16 Å². The molecule has 0 bridgehead atoms. The van der Waals surface area contributed by atoms with Crippen LogP contribution in [-0.2, 0) is 16.2 Å². The van der Waals surface area contributed by atoms with Crippen LogP contribution in [0, 0.1) is 0 Å². The molecule has 7 nitrogen and oxygen atoms in total. The average Bonchev–Trinajstić information content (AvgIpc) is 2.81. The molecule has 8 heteroatoms. The lowest BCUT2D eigenvalue weighted by Gasteiger charge is -2.10. The molecule has 0 aliphatic rings. The Kier molecular flexibility index (Phi) is 8.34. The molecule has 3 rings (SSSR count). The van der Waals surface area contributed by atoms with Gasteiger partial charge in [-0.05, 0) is 42.0 Å². The van der Waals surface area contributed by atoms with Crippen molar-refractivity contribution in [1.29, 1.82) is 0 Å². The third kappa shape index (κ3) is 6.65. The average molecular weight is 455 g/mol. The molecule has 0 aromatic heterocycles. The number of hydrogen-bond donors (Lipinski definition) is 1. The van der Waals surface area contributed by atoms with Crippen LogP contribution in [-0.4, -0.2) is 32.9 Å². The van der Waals surface area contributed by atoms with E-state index in [1.165, 1.54) is 20.4 Å². The van der Waals surface area contributed by atoms with E-state index in [2.05, 4.69) is 10.5 Å². The van der Waals surface area contributed by atoms with Crippen LogP contribution < -0.4 is 19.5 Å². The number of oxime groups is 1. The third-order valence-electron chi connectivity index (χ3n) is 4.31. The van der Waals surface area contributed by atoms with Gasteiger partial charge in [0.15, 0.2) is 18.1 Å². The van der Waals surface area contributed by atoms with Gasteiger partial charge in [-0.15, -0.1) is 0 Å². The minimum atomic E-state index is -0.342. The molecule has 0 spiro atoms. The van der Waals surface area contributed by atoms with Crippen LogP contribution in [0.3, 0.4) is 0 Å². The molecule has 0 aliphatic heterocycles. The molecular formula is C24H23ClN2O5. The molecule has 3 aromatic carbocycles. The molecule has 0 unspecified atom stereocenters. The van der Waals surface area contributed by atoms with Gasteiger partial charge in [0, 0.05) is 11.3 Å². The lowest BCUT2D eigenvalue weighted by molar-refractivity contribution is -0.120. The Morgan fingerprint density at radius 1 is 1.03 bits per heavy atom. The van der Waals surface area contributed by atoms with E-state index in [0.717, 1.165) is 5.56 Å². The zero-order valence-corrected chi connectivity index (χ0v) is 18.5. The number of rotatable bonds is 10. The smallest absolute Gasteiger partial charge is 0.265 e. The Morgan fingerprint density at radius 3 is 2.47 bits per heavy atom. The highest BCUT2D eigenvalue weighted by atomic mass is 35.5. The highest BCUT2D eigenvalue weighted by Crippen LogP contribution is 2.35. The molecule has 32 heavy (non-hydrogen) atoms. The molecule has 1 amide bonds. The summed E-state index contributed by atoms with van der Waals surface area (Å²) in [6, 6.07) is 20.3. The van der Waals surface area contributed by atoms with Crippen molar-refractivity contribution in [2.75, 3.05) is 26.1 Å². The number of halogens is 1. The molecule has 0 saturated heterocycles. The maximum atomic E-state index is 12.1. The normalized spacial score (nSPS) is 10.6. The summed E-state index contributed by atoms with van der Waals surface area (Å²) in [4.78, 5) is 17.1. The first-order chi connectivity index (χ1) is 15.6. The highest BCUT2D eigenvalue weighted by molar-refractivity contribution is 6.32. The summed E-state index contributed by atoms with van der Waals surface area (Å²) in [6.07, 6.45) is 1.43. The molecule has 0 heterocycles. The molecule has 0 radical (unpaired) electrons. The number of hydrogen-bond acceptors (Lipinski definition) is 6. The topological polar surface area (TPSA) is 78.4 Å². The summed E-state index contributed by atoms with van der Waals surface area (Å²) >= 11 is 6.15. The van der Waals surface area contributed by atoms with E-state index in [4.69, 9.17) is 30.6 Å². The number of ether oxygens (including phenoxy) is 3. The van der Waals surface area contributed by atoms with Crippen molar-refractivity contribution in [3.63, 3.8) is 0 Å². The largest absolute Gasteiger partial charge is 0.493 e. The minimum absolute atomic E-state index is 0.246. The second kappa shape index (κ2) is 11.6. The van der Waals surface area contributed by atoms with Gasteiger partial charge in [-0.25, -0.2) is 0 Å². The minimum Gasteiger partial charge on any atom is -0.493 e. The van der Waals surface area contributed by atoms with Gasteiger partial charge in [0.2, 0.25) is 0 Å². The molecule has 0 saturated carbocycles. The fourth-order valence-corrected chi connectivity index (χ4v) is 3.08. The first-order valence-electron chi connectivity index (χ1n) is 9.72. The number of benzene rings is 3. The number of nitrogens with one attached hydrogen (secondary N) is 1. The standard InChI is InChI=1S/C24H23ClN2O5/c1-29-22-13-18(12-21(25)24(22)30-2)14-26-32-16-23(28)27-19-8-10-20(11-9-19)31-15-17-6-4-3-5-7-17/h3-14H,15-16H2,1-2H3,(H,27,28)/b26-14+. The first kappa shape index (κ1) is 23.0. The summed E-state index contributed by atoms with van der Waals surface area (Å²) in [5.41, 5.74) is 2.35. The summed E-state index contributed by atoms with van der Waals surface area (Å²) in [7, 11) is 3.02. The zero-order valence-electron chi connectivity index (χ0n) is 17.7. The quantitative estimate of drug-likeness (QED) is 0.347. The van der Waals surface area contributed by atoms with E-state index in [0.29, 0.717) is 40.1 Å². The van der Waals surface area contributed by atoms with Gasteiger partial charge >= 0.3 is 0 Å². The van der Waals surface area contributed by atoms with Crippen molar-refractivity contribution in [3.05, 3.63) is 82.9 Å². The Bertz CT molecular complexity index is 1060. The monoisotopic (exact) mass is 454 g/mol. The van der Waals surface area contributed by atoms with Crippen LogP contribution in [0.15, 0.2) is 71.9 Å². The van der Waals surface area contributed by atoms with E-state index in [-0.39, 0.29) is 12.5 Å². The number of methoxy groups -OCH3 is 2. The zero-order chi connectivity index (χ0) is 22.8. The van der Waals surface area contributed by atoms with Crippen molar-refractivity contribution < 1.29 is 23.8 Å².